The minimum absolute atomic E-state index is 0.0599. The van der Waals surface area contributed by atoms with Gasteiger partial charge in [0.15, 0.2) is 0 Å². The van der Waals surface area contributed by atoms with Crippen molar-refractivity contribution in [3.63, 3.8) is 0 Å². The number of methoxy groups -OCH3 is 1. The molecule has 0 atom stereocenters. The summed E-state index contributed by atoms with van der Waals surface area (Å²) in [5, 5.41) is 0. The van der Waals surface area contributed by atoms with E-state index in [2.05, 4.69) is 21.5 Å². The molecule has 1 N–H and O–H groups in total. The van der Waals surface area contributed by atoms with Crippen LogP contribution in [0.1, 0.15) is 43.5 Å². The minimum atomic E-state index is -3.89. The Morgan fingerprint density at radius 1 is 1.18 bits per heavy atom. The number of likely N-dealkylation sites (N-methyl/N-ethyl adjacent to an activating group) is 1. The van der Waals surface area contributed by atoms with E-state index in [1.54, 1.807) is 12.1 Å². The molecular weight excluding hydrogens is 445 g/mol. The lowest BCUT2D eigenvalue weighted by Crippen LogP contribution is -2.42. The second-order valence-corrected chi connectivity index (χ2v) is 10.3. The number of rotatable bonds is 8. The predicted octanol–water partition coefficient (Wildman–Crippen LogP) is 3.68. The summed E-state index contributed by atoms with van der Waals surface area (Å²) in [5.41, 5.74) is 1.28. The fraction of sp³-hybridized carbons (Fsp3) is 0.542. The first-order valence-corrected chi connectivity index (χ1v) is 13.0. The van der Waals surface area contributed by atoms with Gasteiger partial charge in [0.25, 0.3) is 10.0 Å². The van der Waals surface area contributed by atoms with Crippen LogP contribution < -0.4 is 9.46 Å². The van der Waals surface area contributed by atoms with E-state index in [4.69, 9.17) is 9.47 Å². The van der Waals surface area contributed by atoms with Gasteiger partial charge in [0.05, 0.1) is 18.1 Å². The second kappa shape index (κ2) is 9.56. The molecule has 1 aliphatic carbocycles. The third-order valence-corrected chi connectivity index (χ3v) is 7.97. The van der Waals surface area contributed by atoms with Crippen molar-refractivity contribution < 1.29 is 22.3 Å². The summed E-state index contributed by atoms with van der Waals surface area (Å²) in [6.45, 7) is 7.36. The number of hydrogen-bond acceptors (Lipinski definition) is 6. The quantitative estimate of drug-likeness (QED) is 0.625. The molecule has 0 amide bonds. The van der Waals surface area contributed by atoms with Gasteiger partial charge in [0.2, 0.25) is 5.88 Å². The van der Waals surface area contributed by atoms with Crippen molar-refractivity contribution in [2.24, 2.45) is 0 Å². The number of fused-ring (bicyclic) bond motifs is 1. The molecule has 1 aromatic heterocycles. The molecule has 1 saturated carbocycles. The number of sulfonamides is 1. The van der Waals surface area contributed by atoms with E-state index in [1.165, 1.54) is 19.2 Å². The highest BCUT2D eigenvalue weighted by Gasteiger charge is 2.46. The largest absolute Gasteiger partial charge is 0.479 e. The van der Waals surface area contributed by atoms with Crippen molar-refractivity contribution in [1.82, 2.24) is 9.88 Å². The van der Waals surface area contributed by atoms with Gasteiger partial charge >= 0.3 is 0 Å². The summed E-state index contributed by atoms with van der Waals surface area (Å²) >= 11 is 0. The fourth-order valence-electron chi connectivity index (χ4n) is 4.59. The van der Waals surface area contributed by atoms with E-state index in [0.717, 1.165) is 43.7 Å². The van der Waals surface area contributed by atoms with E-state index in [1.807, 2.05) is 13.0 Å². The van der Waals surface area contributed by atoms with Crippen LogP contribution in [-0.4, -0.2) is 57.8 Å². The zero-order chi connectivity index (χ0) is 23.6. The van der Waals surface area contributed by atoms with Crippen molar-refractivity contribution in [1.29, 1.82) is 0 Å². The number of ether oxygens (including phenoxy) is 2. The molecule has 1 aromatic carbocycles. The van der Waals surface area contributed by atoms with Crippen molar-refractivity contribution >= 4 is 15.7 Å². The Bertz CT molecular complexity index is 1090. The van der Waals surface area contributed by atoms with Gasteiger partial charge in [-0.15, -0.1) is 0 Å². The zero-order valence-corrected chi connectivity index (χ0v) is 20.3. The number of pyridine rings is 1. The molecule has 0 radical (unpaired) electrons. The van der Waals surface area contributed by atoms with Crippen molar-refractivity contribution in [3.8, 4) is 5.88 Å². The Balaban J connectivity index is 1.52. The number of hydrogen-bond donors (Lipinski definition) is 1. The van der Waals surface area contributed by atoms with E-state index in [-0.39, 0.29) is 16.9 Å². The molecular formula is C24H32FN3O4S. The Morgan fingerprint density at radius 3 is 2.52 bits per heavy atom. The predicted molar refractivity (Wildman–Crippen MR) is 125 cm³/mol. The van der Waals surface area contributed by atoms with Gasteiger partial charge in [-0.05, 0) is 49.2 Å². The Kier molecular flexibility index (Phi) is 6.93. The van der Waals surface area contributed by atoms with Gasteiger partial charge in [-0.3, -0.25) is 4.72 Å². The molecule has 4 rings (SSSR count). The third-order valence-electron chi connectivity index (χ3n) is 6.59. The molecule has 2 aromatic rings. The number of aromatic nitrogens is 1. The van der Waals surface area contributed by atoms with Crippen LogP contribution in [0.15, 0.2) is 35.2 Å². The van der Waals surface area contributed by atoms with Crippen LogP contribution in [0.2, 0.25) is 0 Å². The van der Waals surface area contributed by atoms with Gasteiger partial charge in [0.1, 0.15) is 11.4 Å². The van der Waals surface area contributed by atoms with Gasteiger partial charge in [-0.1, -0.05) is 19.1 Å². The van der Waals surface area contributed by atoms with Gasteiger partial charge < -0.3 is 14.4 Å². The van der Waals surface area contributed by atoms with Crippen molar-refractivity contribution in [3.05, 3.63) is 47.2 Å². The first-order valence-electron chi connectivity index (χ1n) is 11.5. The SMILES string of the molecule is CCOC1CC(F)(c2ccc(S(=O)(=O)Nc3cc4c(nc3OC)CCN(CC)CC4)cc2)C1. The normalized spacial score (nSPS) is 23.3. The maximum Gasteiger partial charge on any atom is 0.262 e. The van der Waals surface area contributed by atoms with Gasteiger partial charge in [0, 0.05) is 44.7 Å². The van der Waals surface area contributed by atoms with Crippen LogP contribution in [0.3, 0.4) is 0 Å². The number of benzene rings is 1. The number of nitrogens with one attached hydrogen (secondary N) is 1. The first-order chi connectivity index (χ1) is 15.8. The number of nitrogens with zero attached hydrogens (tertiary/aromatic N) is 2. The molecule has 0 saturated heterocycles. The Labute approximate surface area is 195 Å². The average molecular weight is 478 g/mol. The second-order valence-electron chi connectivity index (χ2n) is 8.67. The lowest BCUT2D eigenvalue weighted by Gasteiger charge is -2.41. The first kappa shape index (κ1) is 23.9. The Morgan fingerprint density at radius 2 is 1.88 bits per heavy atom. The summed E-state index contributed by atoms with van der Waals surface area (Å²) in [6.07, 6.45) is 2.09. The molecule has 33 heavy (non-hydrogen) atoms. The summed E-state index contributed by atoms with van der Waals surface area (Å²) in [5.74, 6) is 0.248. The fourth-order valence-corrected chi connectivity index (χ4v) is 5.64. The van der Waals surface area contributed by atoms with Crippen LogP contribution in [0.4, 0.5) is 10.1 Å². The lowest BCUT2D eigenvalue weighted by atomic mass is 9.74. The molecule has 0 unspecified atom stereocenters. The summed E-state index contributed by atoms with van der Waals surface area (Å²) < 4.78 is 54.7. The molecule has 0 spiro atoms. The highest BCUT2D eigenvalue weighted by atomic mass is 32.2. The van der Waals surface area contributed by atoms with Crippen molar-refractivity contribution in [2.75, 3.05) is 38.1 Å². The molecule has 2 aliphatic rings. The Hall–Kier alpha value is -2.23. The maximum atomic E-state index is 15.1. The van der Waals surface area contributed by atoms with Gasteiger partial charge in [-0.2, -0.15) is 0 Å². The standard InChI is InChI=1S/C24H32FN3O4S/c1-4-28-12-10-17-14-22(23(31-3)26-21(17)11-13-28)27-33(29,30)20-8-6-18(7-9-20)24(25)15-19(16-24)32-5-2/h6-9,14,19,27H,4-5,10-13,15-16H2,1-3H3. The van der Waals surface area contributed by atoms with E-state index in [0.29, 0.717) is 30.7 Å². The molecule has 1 fully saturated rings. The molecule has 2 heterocycles. The van der Waals surface area contributed by atoms with E-state index >= 15 is 4.39 Å². The minimum Gasteiger partial charge on any atom is -0.479 e. The van der Waals surface area contributed by atoms with Crippen LogP contribution in [-0.2, 0) is 33.3 Å². The van der Waals surface area contributed by atoms with Gasteiger partial charge in [-0.25, -0.2) is 17.8 Å². The number of alkyl halides is 1. The smallest absolute Gasteiger partial charge is 0.262 e. The molecule has 1 aliphatic heterocycles. The number of halogens is 1. The molecule has 9 heteroatoms. The molecule has 7 nitrogen and oxygen atoms in total. The summed E-state index contributed by atoms with van der Waals surface area (Å²) in [6, 6.07) is 7.79. The van der Waals surface area contributed by atoms with Crippen LogP contribution in [0.25, 0.3) is 0 Å². The van der Waals surface area contributed by atoms with E-state index < -0.39 is 15.7 Å². The maximum absolute atomic E-state index is 15.1. The van der Waals surface area contributed by atoms with Crippen LogP contribution in [0.5, 0.6) is 5.88 Å². The average Bonchev–Trinajstić information content (AvgIpc) is 2.99. The highest BCUT2D eigenvalue weighted by molar-refractivity contribution is 7.92. The third kappa shape index (κ3) is 5.00. The zero-order valence-electron chi connectivity index (χ0n) is 19.4. The van der Waals surface area contributed by atoms with Crippen LogP contribution >= 0.6 is 0 Å². The lowest BCUT2D eigenvalue weighted by molar-refractivity contribution is -0.0967. The van der Waals surface area contributed by atoms with Crippen molar-refractivity contribution in [2.45, 2.75) is 56.2 Å². The molecule has 180 valence electrons. The number of anilines is 1. The van der Waals surface area contributed by atoms with E-state index in [9.17, 15) is 8.42 Å². The topological polar surface area (TPSA) is 80.8 Å². The molecule has 0 bridgehead atoms. The summed E-state index contributed by atoms with van der Waals surface area (Å²) in [7, 11) is -2.42. The van der Waals surface area contributed by atoms with Crippen LogP contribution in [0, 0.1) is 0 Å². The monoisotopic (exact) mass is 477 g/mol. The highest BCUT2D eigenvalue weighted by Crippen LogP contribution is 2.46. The summed E-state index contributed by atoms with van der Waals surface area (Å²) in [4.78, 5) is 6.99.